The maximum atomic E-state index is 12.1. The van der Waals surface area contributed by atoms with E-state index in [0.29, 0.717) is 4.47 Å². The second-order valence-electron chi connectivity index (χ2n) is 2.98. The van der Waals surface area contributed by atoms with Crippen LogP contribution in [-0.4, -0.2) is 12.0 Å². The lowest BCUT2D eigenvalue weighted by atomic mass is 9.96. The Hall–Kier alpha value is -1.35. The monoisotopic (exact) mass is 291 g/mol. The van der Waals surface area contributed by atoms with E-state index < -0.39 is 17.9 Å². The summed E-state index contributed by atoms with van der Waals surface area (Å²) in [5, 5.41) is 8.60. The van der Waals surface area contributed by atoms with Crippen molar-refractivity contribution < 1.29 is 18.0 Å². The van der Waals surface area contributed by atoms with Crippen LogP contribution in [0.3, 0.4) is 0 Å². The summed E-state index contributed by atoms with van der Waals surface area (Å²) < 4.78 is 37.1. The highest BCUT2D eigenvalue weighted by molar-refractivity contribution is 9.10. The Morgan fingerprint density at radius 2 is 1.81 bits per heavy atom. The Kier molecular flexibility index (Phi) is 3.70. The van der Waals surface area contributed by atoms with Crippen molar-refractivity contribution in [2.75, 3.05) is 0 Å². The standard InChI is InChI=1S/C10H5BrF3NO/c11-7-3-1-6(2-4-7)8(5-15)9(16)10(12,13)14/h1-4,8H/t8-/m0/s1. The van der Waals surface area contributed by atoms with Gasteiger partial charge in [0.25, 0.3) is 5.78 Å². The molecule has 0 spiro atoms. The molecule has 1 rings (SSSR count). The Morgan fingerprint density at radius 1 is 1.31 bits per heavy atom. The summed E-state index contributed by atoms with van der Waals surface area (Å²) in [5.41, 5.74) is 0.0352. The lowest BCUT2D eigenvalue weighted by Crippen LogP contribution is -2.28. The zero-order valence-corrected chi connectivity index (χ0v) is 9.34. The van der Waals surface area contributed by atoms with Crippen molar-refractivity contribution >= 4 is 21.7 Å². The Balaban J connectivity index is 3.06. The van der Waals surface area contributed by atoms with Gasteiger partial charge in [0.1, 0.15) is 5.92 Å². The first-order valence-corrected chi connectivity index (χ1v) is 4.91. The Bertz CT molecular complexity index is 433. The van der Waals surface area contributed by atoms with Gasteiger partial charge in [-0.05, 0) is 17.7 Å². The fraction of sp³-hybridized carbons (Fsp3) is 0.200. The van der Waals surface area contributed by atoms with Gasteiger partial charge in [-0.25, -0.2) is 0 Å². The molecule has 1 atom stereocenters. The molecule has 1 aromatic rings. The first-order chi connectivity index (χ1) is 7.36. The number of rotatable bonds is 2. The molecule has 0 fully saturated rings. The van der Waals surface area contributed by atoms with Gasteiger partial charge in [0.2, 0.25) is 0 Å². The number of carbonyl (C=O) groups is 1. The minimum absolute atomic E-state index is 0.0352. The van der Waals surface area contributed by atoms with E-state index in [2.05, 4.69) is 15.9 Å². The summed E-state index contributed by atoms with van der Waals surface area (Å²) in [4.78, 5) is 10.9. The van der Waals surface area contributed by atoms with Crippen LogP contribution in [-0.2, 0) is 4.79 Å². The van der Waals surface area contributed by atoms with Gasteiger partial charge in [-0.1, -0.05) is 28.1 Å². The van der Waals surface area contributed by atoms with Crippen LogP contribution in [0.15, 0.2) is 28.7 Å². The molecule has 1 aromatic carbocycles. The molecule has 0 saturated carbocycles. The Labute approximate surface area is 97.8 Å². The maximum Gasteiger partial charge on any atom is 0.451 e. The van der Waals surface area contributed by atoms with Gasteiger partial charge in [-0.15, -0.1) is 0 Å². The third-order valence-corrected chi connectivity index (χ3v) is 2.40. The van der Waals surface area contributed by atoms with Crippen LogP contribution in [0.5, 0.6) is 0 Å². The van der Waals surface area contributed by atoms with E-state index in [4.69, 9.17) is 5.26 Å². The first kappa shape index (κ1) is 12.7. The van der Waals surface area contributed by atoms with Crippen LogP contribution < -0.4 is 0 Å². The van der Waals surface area contributed by atoms with Crippen molar-refractivity contribution in [1.29, 1.82) is 5.26 Å². The summed E-state index contributed by atoms with van der Waals surface area (Å²) in [6, 6.07) is 6.92. The summed E-state index contributed by atoms with van der Waals surface area (Å²) in [5.74, 6) is -3.84. The third-order valence-electron chi connectivity index (χ3n) is 1.87. The molecule has 6 heteroatoms. The number of hydrogen-bond donors (Lipinski definition) is 0. The highest BCUT2D eigenvalue weighted by Gasteiger charge is 2.44. The van der Waals surface area contributed by atoms with Crippen LogP contribution in [0.4, 0.5) is 13.2 Å². The number of Topliss-reactive ketones (excluding diaryl/α,β-unsaturated/α-hetero) is 1. The average Bonchev–Trinajstić information content (AvgIpc) is 2.20. The second kappa shape index (κ2) is 4.66. The second-order valence-corrected chi connectivity index (χ2v) is 3.89. The van der Waals surface area contributed by atoms with Crippen molar-refractivity contribution in [3.05, 3.63) is 34.3 Å². The van der Waals surface area contributed by atoms with Crippen molar-refractivity contribution in [1.82, 2.24) is 0 Å². The molecule has 0 bridgehead atoms. The van der Waals surface area contributed by atoms with E-state index in [1.165, 1.54) is 30.3 Å². The summed E-state index contributed by atoms with van der Waals surface area (Å²) >= 11 is 3.10. The van der Waals surface area contributed by atoms with E-state index in [1.807, 2.05) is 0 Å². The van der Waals surface area contributed by atoms with E-state index in [1.54, 1.807) is 0 Å². The Morgan fingerprint density at radius 3 is 2.19 bits per heavy atom. The maximum absolute atomic E-state index is 12.1. The summed E-state index contributed by atoms with van der Waals surface area (Å²) in [6.45, 7) is 0. The van der Waals surface area contributed by atoms with E-state index in [0.717, 1.165) is 0 Å². The molecular formula is C10H5BrF3NO. The fourth-order valence-electron chi connectivity index (χ4n) is 1.10. The van der Waals surface area contributed by atoms with E-state index in [-0.39, 0.29) is 5.56 Å². The third kappa shape index (κ3) is 2.83. The zero-order chi connectivity index (χ0) is 12.3. The van der Waals surface area contributed by atoms with Gasteiger partial charge in [0.05, 0.1) is 6.07 Å². The molecule has 84 valence electrons. The van der Waals surface area contributed by atoms with E-state index in [9.17, 15) is 18.0 Å². The normalized spacial score (nSPS) is 12.9. The fourth-order valence-corrected chi connectivity index (χ4v) is 1.37. The zero-order valence-electron chi connectivity index (χ0n) is 7.75. The van der Waals surface area contributed by atoms with Crippen molar-refractivity contribution in [2.45, 2.75) is 12.1 Å². The largest absolute Gasteiger partial charge is 0.451 e. The topological polar surface area (TPSA) is 40.9 Å². The summed E-state index contributed by atoms with van der Waals surface area (Å²) in [6.07, 6.45) is -4.99. The smallest absolute Gasteiger partial charge is 0.288 e. The van der Waals surface area contributed by atoms with Crippen LogP contribution in [0, 0.1) is 11.3 Å². The number of hydrogen-bond acceptors (Lipinski definition) is 2. The van der Waals surface area contributed by atoms with Crippen LogP contribution in [0.25, 0.3) is 0 Å². The lowest BCUT2D eigenvalue weighted by molar-refractivity contribution is -0.171. The highest BCUT2D eigenvalue weighted by Crippen LogP contribution is 2.27. The highest BCUT2D eigenvalue weighted by atomic mass is 79.9. The number of benzene rings is 1. The van der Waals surface area contributed by atoms with Crippen molar-refractivity contribution in [3.63, 3.8) is 0 Å². The van der Waals surface area contributed by atoms with E-state index >= 15 is 0 Å². The van der Waals surface area contributed by atoms with Gasteiger partial charge < -0.3 is 0 Å². The molecule has 16 heavy (non-hydrogen) atoms. The molecule has 0 amide bonds. The minimum atomic E-state index is -4.99. The average molecular weight is 292 g/mol. The minimum Gasteiger partial charge on any atom is -0.288 e. The first-order valence-electron chi connectivity index (χ1n) is 4.12. The predicted molar refractivity (Wildman–Crippen MR) is 53.6 cm³/mol. The van der Waals surface area contributed by atoms with Crippen LogP contribution in [0.2, 0.25) is 0 Å². The SMILES string of the molecule is N#C[C@H](C(=O)C(F)(F)F)c1ccc(Br)cc1. The number of nitriles is 1. The number of halogens is 4. The molecule has 0 radical (unpaired) electrons. The summed E-state index contributed by atoms with van der Waals surface area (Å²) in [7, 11) is 0. The quantitative estimate of drug-likeness (QED) is 0.840. The number of alkyl halides is 3. The van der Waals surface area contributed by atoms with Gasteiger partial charge in [-0.3, -0.25) is 4.79 Å². The van der Waals surface area contributed by atoms with Gasteiger partial charge in [-0.2, -0.15) is 18.4 Å². The molecule has 0 N–H and O–H groups in total. The molecule has 0 aliphatic heterocycles. The predicted octanol–water partition coefficient (Wildman–Crippen LogP) is 3.19. The molecule has 0 saturated heterocycles. The molecule has 0 aromatic heterocycles. The van der Waals surface area contributed by atoms with Crippen LogP contribution in [0.1, 0.15) is 11.5 Å². The van der Waals surface area contributed by atoms with Crippen LogP contribution >= 0.6 is 15.9 Å². The van der Waals surface area contributed by atoms with Crippen molar-refractivity contribution in [2.24, 2.45) is 0 Å². The molecule has 0 aliphatic rings. The van der Waals surface area contributed by atoms with Gasteiger partial charge in [0.15, 0.2) is 0 Å². The molecule has 0 unspecified atom stereocenters. The number of nitrogens with zero attached hydrogens (tertiary/aromatic N) is 1. The van der Waals surface area contributed by atoms with Gasteiger partial charge >= 0.3 is 6.18 Å². The van der Waals surface area contributed by atoms with Gasteiger partial charge in [0, 0.05) is 4.47 Å². The number of carbonyl (C=O) groups excluding carboxylic acids is 1. The molecule has 2 nitrogen and oxygen atoms in total. The molecular weight excluding hydrogens is 287 g/mol. The molecule has 0 aliphatic carbocycles. The van der Waals surface area contributed by atoms with Crippen molar-refractivity contribution in [3.8, 4) is 6.07 Å². The number of ketones is 1. The lowest BCUT2D eigenvalue weighted by Gasteiger charge is -2.10. The molecule has 0 heterocycles.